The Bertz CT molecular complexity index is 466. The predicted molar refractivity (Wildman–Crippen MR) is 66.8 cm³/mol. The molecule has 0 spiro atoms. The van der Waals surface area contributed by atoms with Crippen LogP contribution in [0.2, 0.25) is 0 Å². The van der Waals surface area contributed by atoms with Crippen molar-refractivity contribution in [1.29, 1.82) is 0 Å². The first-order valence-corrected chi connectivity index (χ1v) is 5.72. The minimum atomic E-state index is -1.09. The zero-order valence-corrected chi connectivity index (χ0v) is 11.0. The third-order valence-corrected chi connectivity index (χ3v) is 2.81. The van der Waals surface area contributed by atoms with Gasteiger partial charge in [0.2, 0.25) is 5.75 Å². The Morgan fingerprint density at radius 3 is 2.83 bits per heavy atom. The second-order valence-electron chi connectivity index (χ2n) is 3.34. The monoisotopic (exact) mass is 318 g/mol. The van der Waals surface area contributed by atoms with Gasteiger partial charge < -0.3 is 15.2 Å². The first-order chi connectivity index (χ1) is 8.47. The average molecular weight is 319 g/mol. The summed E-state index contributed by atoms with van der Waals surface area (Å²) in [6.07, 6.45) is 0. The van der Waals surface area contributed by atoms with Crippen molar-refractivity contribution >= 4 is 27.6 Å². The van der Waals surface area contributed by atoms with Crippen LogP contribution in [0, 0.1) is 10.1 Å². The van der Waals surface area contributed by atoms with E-state index in [0.29, 0.717) is 4.47 Å². The second-order valence-corrected chi connectivity index (χ2v) is 4.19. The molecule has 0 amide bonds. The van der Waals surface area contributed by atoms with Crippen molar-refractivity contribution < 1.29 is 19.6 Å². The van der Waals surface area contributed by atoms with Crippen LogP contribution in [0.3, 0.4) is 0 Å². The molecular weight excluding hydrogens is 308 g/mol. The lowest BCUT2D eigenvalue weighted by molar-refractivity contribution is -0.386. The second kappa shape index (κ2) is 6.31. The molecule has 1 aromatic rings. The number of nitrogens with zero attached hydrogens (tertiary/aromatic N) is 1. The number of carboxylic acids is 1. The normalized spacial score (nSPS) is 11.9. The molecule has 0 saturated carbocycles. The number of halogens is 1. The number of benzene rings is 1. The number of nitrogens with one attached hydrogen (secondary N) is 1. The van der Waals surface area contributed by atoms with E-state index in [9.17, 15) is 14.9 Å². The lowest BCUT2D eigenvalue weighted by Gasteiger charge is -2.13. The van der Waals surface area contributed by atoms with Crippen LogP contribution in [0.25, 0.3) is 0 Å². The van der Waals surface area contributed by atoms with Gasteiger partial charge in [0.25, 0.3) is 0 Å². The number of hydrogen-bond acceptors (Lipinski definition) is 5. The maximum atomic E-state index is 10.8. The van der Waals surface area contributed by atoms with Gasteiger partial charge in [-0.3, -0.25) is 14.9 Å². The predicted octanol–water partition coefficient (Wildman–Crippen LogP) is 1.41. The van der Waals surface area contributed by atoms with E-state index in [1.54, 1.807) is 6.07 Å². The van der Waals surface area contributed by atoms with Crippen molar-refractivity contribution in [3.8, 4) is 5.75 Å². The number of nitro benzene ring substituents is 1. The Morgan fingerprint density at radius 2 is 2.33 bits per heavy atom. The highest BCUT2D eigenvalue weighted by molar-refractivity contribution is 9.10. The molecule has 2 N–H and O–H groups in total. The quantitative estimate of drug-likeness (QED) is 0.607. The van der Waals surface area contributed by atoms with Crippen molar-refractivity contribution in [2.45, 2.75) is 6.04 Å². The number of rotatable bonds is 6. The van der Waals surface area contributed by atoms with Crippen LogP contribution >= 0.6 is 15.9 Å². The SMILES string of the molecule is CN[C@@H](COc1c(Br)cccc1[N+](=O)[O-])C(=O)O. The van der Waals surface area contributed by atoms with E-state index in [-0.39, 0.29) is 18.0 Å². The van der Waals surface area contributed by atoms with Crippen LogP contribution < -0.4 is 10.1 Å². The molecule has 0 aliphatic carbocycles. The van der Waals surface area contributed by atoms with E-state index < -0.39 is 16.9 Å². The Kier molecular flexibility index (Phi) is 5.05. The van der Waals surface area contributed by atoms with Crippen molar-refractivity contribution in [3.05, 3.63) is 32.8 Å². The summed E-state index contributed by atoms with van der Waals surface area (Å²) >= 11 is 3.13. The van der Waals surface area contributed by atoms with Gasteiger partial charge in [0.15, 0.2) is 0 Å². The maximum absolute atomic E-state index is 10.8. The average Bonchev–Trinajstić information content (AvgIpc) is 2.30. The smallest absolute Gasteiger partial charge is 0.324 e. The van der Waals surface area contributed by atoms with E-state index in [2.05, 4.69) is 21.2 Å². The zero-order chi connectivity index (χ0) is 13.7. The fourth-order valence-corrected chi connectivity index (χ4v) is 1.70. The summed E-state index contributed by atoms with van der Waals surface area (Å²) < 4.78 is 5.61. The Hall–Kier alpha value is -1.67. The number of likely N-dealkylation sites (N-methyl/N-ethyl adjacent to an activating group) is 1. The third-order valence-electron chi connectivity index (χ3n) is 2.18. The molecule has 0 saturated heterocycles. The van der Waals surface area contributed by atoms with E-state index in [4.69, 9.17) is 9.84 Å². The van der Waals surface area contributed by atoms with Crippen molar-refractivity contribution in [1.82, 2.24) is 5.32 Å². The van der Waals surface area contributed by atoms with Crippen LogP contribution in [0.4, 0.5) is 5.69 Å². The molecule has 0 aliphatic heterocycles. The molecule has 1 aromatic carbocycles. The van der Waals surface area contributed by atoms with Crippen molar-refractivity contribution in [3.63, 3.8) is 0 Å². The summed E-state index contributed by atoms with van der Waals surface area (Å²) in [5.74, 6) is -1.07. The highest BCUT2D eigenvalue weighted by Crippen LogP contribution is 2.34. The molecule has 0 aliphatic rings. The summed E-state index contributed by atoms with van der Waals surface area (Å²) in [4.78, 5) is 21.0. The molecule has 18 heavy (non-hydrogen) atoms. The van der Waals surface area contributed by atoms with Gasteiger partial charge in [-0.15, -0.1) is 0 Å². The van der Waals surface area contributed by atoms with Gasteiger partial charge in [-0.1, -0.05) is 6.07 Å². The van der Waals surface area contributed by atoms with Crippen LogP contribution in [0.5, 0.6) is 5.75 Å². The van der Waals surface area contributed by atoms with Crippen LogP contribution in [-0.2, 0) is 4.79 Å². The molecule has 0 fully saturated rings. The topological polar surface area (TPSA) is 102 Å². The first kappa shape index (κ1) is 14.4. The van der Waals surface area contributed by atoms with Crippen molar-refractivity contribution in [2.75, 3.05) is 13.7 Å². The Morgan fingerprint density at radius 1 is 1.67 bits per heavy atom. The van der Waals surface area contributed by atoms with Gasteiger partial charge in [0.1, 0.15) is 12.6 Å². The number of carbonyl (C=O) groups is 1. The minimum absolute atomic E-state index is 0.0176. The van der Waals surface area contributed by atoms with Gasteiger partial charge >= 0.3 is 11.7 Å². The Balaban J connectivity index is 2.90. The van der Waals surface area contributed by atoms with Gasteiger partial charge in [-0.2, -0.15) is 0 Å². The molecule has 8 heteroatoms. The molecule has 0 aromatic heterocycles. The molecule has 0 bridgehead atoms. The van der Waals surface area contributed by atoms with E-state index in [1.165, 1.54) is 19.2 Å². The number of nitro groups is 1. The van der Waals surface area contributed by atoms with Gasteiger partial charge in [0.05, 0.1) is 9.40 Å². The number of hydrogen-bond donors (Lipinski definition) is 2. The van der Waals surface area contributed by atoms with Crippen LogP contribution in [-0.4, -0.2) is 35.7 Å². The zero-order valence-electron chi connectivity index (χ0n) is 9.42. The minimum Gasteiger partial charge on any atom is -0.484 e. The molecule has 7 nitrogen and oxygen atoms in total. The lowest BCUT2D eigenvalue weighted by Crippen LogP contribution is -2.39. The number of carboxylic acid groups (broad SMARTS) is 1. The summed E-state index contributed by atoms with van der Waals surface area (Å²) in [7, 11) is 1.47. The summed E-state index contributed by atoms with van der Waals surface area (Å²) in [6.45, 7) is -0.213. The van der Waals surface area contributed by atoms with Gasteiger partial charge in [-0.05, 0) is 29.0 Å². The molecule has 1 rings (SSSR count). The molecule has 0 radical (unpaired) electrons. The summed E-state index contributed by atoms with van der Waals surface area (Å²) in [5, 5.41) is 22.1. The fourth-order valence-electron chi connectivity index (χ4n) is 1.23. The third kappa shape index (κ3) is 3.41. The largest absolute Gasteiger partial charge is 0.484 e. The summed E-state index contributed by atoms with van der Waals surface area (Å²) in [6, 6.07) is 3.44. The van der Waals surface area contributed by atoms with Gasteiger partial charge in [-0.25, -0.2) is 0 Å². The van der Waals surface area contributed by atoms with E-state index in [0.717, 1.165) is 0 Å². The lowest BCUT2D eigenvalue weighted by atomic mass is 10.3. The molecule has 0 heterocycles. The highest BCUT2D eigenvalue weighted by Gasteiger charge is 2.21. The van der Waals surface area contributed by atoms with Crippen LogP contribution in [0.1, 0.15) is 0 Å². The number of ether oxygens (including phenoxy) is 1. The van der Waals surface area contributed by atoms with E-state index >= 15 is 0 Å². The van der Waals surface area contributed by atoms with Gasteiger partial charge in [0, 0.05) is 6.07 Å². The fraction of sp³-hybridized carbons (Fsp3) is 0.300. The highest BCUT2D eigenvalue weighted by atomic mass is 79.9. The molecule has 1 atom stereocenters. The number of para-hydroxylation sites is 1. The Labute approximate surface area is 111 Å². The first-order valence-electron chi connectivity index (χ1n) is 4.93. The molecule has 98 valence electrons. The maximum Gasteiger partial charge on any atom is 0.324 e. The number of aliphatic carboxylic acids is 1. The standard InChI is InChI=1S/C10H11BrN2O5/c1-12-7(10(14)15)5-18-9-6(11)3-2-4-8(9)13(16)17/h2-4,7,12H,5H2,1H3,(H,14,15)/t7-/m0/s1. The van der Waals surface area contributed by atoms with Crippen molar-refractivity contribution in [2.24, 2.45) is 0 Å². The summed E-state index contributed by atoms with van der Waals surface area (Å²) in [5.41, 5.74) is -0.218. The van der Waals surface area contributed by atoms with Crippen LogP contribution in [0.15, 0.2) is 22.7 Å². The molecule has 0 unspecified atom stereocenters. The van der Waals surface area contributed by atoms with E-state index in [1.807, 2.05) is 0 Å². The molecular formula is C10H11BrN2O5.